The molecule has 17 heavy (non-hydrogen) atoms. The van der Waals surface area contributed by atoms with Crippen LogP contribution in [0.5, 0.6) is 0 Å². The molecule has 0 aromatic carbocycles. The normalized spacial score (nSPS) is 18.7. The number of nitrogens with one attached hydrogen (secondary N) is 1. The summed E-state index contributed by atoms with van der Waals surface area (Å²) in [6.45, 7) is 4.25. The van der Waals surface area contributed by atoms with E-state index < -0.39 is 0 Å². The Hall–Kier alpha value is -0.830. The van der Waals surface area contributed by atoms with Gasteiger partial charge in [-0.15, -0.1) is 0 Å². The summed E-state index contributed by atoms with van der Waals surface area (Å²) in [6, 6.07) is 0. The van der Waals surface area contributed by atoms with E-state index in [1.54, 1.807) is 0 Å². The van der Waals surface area contributed by atoms with Crippen LogP contribution in [-0.4, -0.2) is 23.4 Å². The van der Waals surface area contributed by atoms with Gasteiger partial charge in [0.1, 0.15) is 0 Å². The molecule has 1 aliphatic rings. The summed E-state index contributed by atoms with van der Waals surface area (Å²) in [5, 5.41) is 7.73. The predicted octanol–water partition coefficient (Wildman–Crippen LogP) is 2.47. The topological polar surface area (TPSA) is 29.9 Å². The van der Waals surface area contributed by atoms with Gasteiger partial charge in [-0.2, -0.15) is 5.10 Å². The van der Waals surface area contributed by atoms with Gasteiger partial charge >= 0.3 is 0 Å². The van der Waals surface area contributed by atoms with E-state index in [9.17, 15) is 0 Å². The van der Waals surface area contributed by atoms with Gasteiger partial charge in [0.25, 0.3) is 0 Å². The third-order valence-electron chi connectivity index (χ3n) is 4.04. The van der Waals surface area contributed by atoms with Crippen molar-refractivity contribution in [3.05, 3.63) is 18.0 Å². The van der Waals surface area contributed by atoms with Crippen LogP contribution in [0.25, 0.3) is 0 Å². The quantitative estimate of drug-likeness (QED) is 0.821. The van der Waals surface area contributed by atoms with E-state index in [0.29, 0.717) is 0 Å². The number of rotatable bonds is 6. The Bertz CT molecular complexity index is 326. The van der Waals surface area contributed by atoms with Crippen molar-refractivity contribution in [3.63, 3.8) is 0 Å². The lowest BCUT2D eigenvalue weighted by atomic mass is 9.86. The van der Waals surface area contributed by atoms with Crippen LogP contribution in [0.3, 0.4) is 0 Å². The third-order valence-corrected chi connectivity index (χ3v) is 4.04. The standard InChI is InChI=1S/C14H25N3/c1-3-17-11-12(9-16-17)8-14(10-15-2)13-6-4-5-7-13/h9,11,13-15H,3-8,10H2,1-2H3. The second-order valence-electron chi connectivity index (χ2n) is 5.27. The zero-order chi connectivity index (χ0) is 12.1. The second kappa shape index (κ2) is 6.20. The van der Waals surface area contributed by atoms with Crippen molar-refractivity contribution in [3.8, 4) is 0 Å². The van der Waals surface area contributed by atoms with Gasteiger partial charge in [0.05, 0.1) is 6.20 Å². The lowest BCUT2D eigenvalue weighted by molar-refractivity contribution is 0.328. The van der Waals surface area contributed by atoms with Crippen molar-refractivity contribution in [2.75, 3.05) is 13.6 Å². The Morgan fingerprint density at radius 3 is 2.82 bits per heavy atom. The molecule has 1 N–H and O–H groups in total. The zero-order valence-electron chi connectivity index (χ0n) is 11.2. The Labute approximate surface area is 105 Å². The largest absolute Gasteiger partial charge is 0.319 e. The summed E-state index contributed by atoms with van der Waals surface area (Å²) in [4.78, 5) is 0. The molecule has 1 fully saturated rings. The summed E-state index contributed by atoms with van der Waals surface area (Å²) in [7, 11) is 2.07. The Balaban J connectivity index is 1.96. The molecule has 0 saturated heterocycles. The minimum absolute atomic E-state index is 0.789. The zero-order valence-corrected chi connectivity index (χ0v) is 11.2. The van der Waals surface area contributed by atoms with Crippen molar-refractivity contribution >= 4 is 0 Å². The number of aromatic nitrogens is 2. The van der Waals surface area contributed by atoms with Gasteiger partial charge in [-0.05, 0) is 44.3 Å². The fourth-order valence-electron chi connectivity index (χ4n) is 3.08. The van der Waals surface area contributed by atoms with E-state index in [4.69, 9.17) is 0 Å². The minimum Gasteiger partial charge on any atom is -0.319 e. The van der Waals surface area contributed by atoms with E-state index in [1.165, 1.54) is 37.7 Å². The first-order valence-electron chi connectivity index (χ1n) is 6.99. The fraction of sp³-hybridized carbons (Fsp3) is 0.786. The predicted molar refractivity (Wildman–Crippen MR) is 71.0 cm³/mol. The van der Waals surface area contributed by atoms with Gasteiger partial charge in [-0.1, -0.05) is 25.7 Å². The minimum atomic E-state index is 0.789. The van der Waals surface area contributed by atoms with Gasteiger partial charge < -0.3 is 5.32 Å². The van der Waals surface area contributed by atoms with Crippen LogP contribution in [0.1, 0.15) is 38.2 Å². The van der Waals surface area contributed by atoms with E-state index >= 15 is 0 Å². The van der Waals surface area contributed by atoms with E-state index in [0.717, 1.165) is 24.9 Å². The van der Waals surface area contributed by atoms with E-state index in [2.05, 4.69) is 30.6 Å². The van der Waals surface area contributed by atoms with Crippen LogP contribution in [0.4, 0.5) is 0 Å². The molecule has 1 saturated carbocycles. The molecule has 1 unspecified atom stereocenters. The molecule has 1 atom stereocenters. The first kappa shape index (κ1) is 12.6. The monoisotopic (exact) mass is 235 g/mol. The third kappa shape index (κ3) is 3.32. The highest BCUT2D eigenvalue weighted by Crippen LogP contribution is 2.32. The summed E-state index contributed by atoms with van der Waals surface area (Å²) in [6.07, 6.45) is 11.1. The maximum absolute atomic E-state index is 4.37. The van der Waals surface area contributed by atoms with Gasteiger partial charge in [-0.3, -0.25) is 4.68 Å². The van der Waals surface area contributed by atoms with Crippen molar-refractivity contribution < 1.29 is 0 Å². The first-order chi connectivity index (χ1) is 8.33. The molecule has 0 spiro atoms. The number of aryl methyl sites for hydroxylation is 1. The molecule has 3 heteroatoms. The lowest BCUT2D eigenvalue weighted by Gasteiger charge is -2.22. The Morgan fingerprint density at radius 2 is 2.24 bits per heavy atom. The molecule has 0 radical (unpaired) electrons. The summed E-state index contributed by atoms with van der Waals surface area (Å²) in [5.74, 6) is 1.71. The molecule has 1 heterocycles. The van der Waals surface area contributed by atoms with Crippen LogP contribution >= 0.6 is 0 Å². The molecule has 0 amide bonds. The van der Waals surface area contributed by atoms with Gasteiger partial charge in [0, 0.05) is 12.7 Å². The van der Waals surface area contributed by atoms with Crippen LogP contribution in [-0.2, 0) is 13.0 Å². The fourth-order valence-corrected chi connectivity index (χ4v) is 3.08. The second-order valence-corrected chi connectivity index (χ2v) is 5.27. The smallest absolute Gasteiger partial charge is 0.0521 e. The van der Waals surface area contributed by atoms with Crippen LogP contribution < -0.4 is 5.32 Å². The molecular weight excluding hydrogens is 210 g/mol. The van der Waals surface area contributed by atoms with Crippen molar-refractivity contribution in [2.24, 2.45) is 11.8 Å². The van der Waals surface area contributed by atoms with Crippen LogP contribution in [0.15, 0.2) is 12.4 Å². The Kier molecular flexibility index (Phi) is 4.60. The molecule has 3 nitrogen and oxygen atoms in total. The highest BCUT2D eigenvalue weighted by molar-refractivity contribution is 5.06. The molecule has 1 aliphatic carbocycles. The maximum Gasteiger partial charge on any atom is 0.0521 e. The van der Waals surface area contributed by atoms with E-state index in [1.807, 2.05) is 10.9 Å². The molecule has 1 aromatic heterocycles. The van der Waals surface area contributed by atoms with Gasteiger partial charge in [-0.25, -0.2) is 0 Å². The average molecular weight is 235 g/mol. The maximum atomic E-state index is 4.37. The van der Waals surface area contributed by atoms with Gasteiger partial charge in [0.15, 0.2) is 0 Å². The summed E-state index contributed by atoms with van der Waals surface area (Å²) in [5.41, 5.74) is 1.40. The van der Waals surface area contributed by atoms with Crippen LogP contribution in [0.2, 0.25) is 0 Å². The molecule has 1 aromatic rings. The summed E-state index contributed by atoms with van der Waals surface area (Å²) >= 11 is 0. The van der Waals surface area contributed by atoms with Crippen molar-refractivity contribution in [2.45, 2.75) is 45.6 Å². The first-order valence-corrected chi connectivity index (χ1v) is 6.99. The van der Waals surface area contributed by atoms with Crippen molar-refractivity contribution in [1.29, 1.82) is 0 Å². The molecule has 96 valence electrons. The molecular formula is C14H25N3. The number of hydrogen-bond acceptors (Lipinski definition) is 2. The Morgan fingerprint density at radius 1 is 1.47 bits per heavy atom. The van der Waals surface area contributed by atoms with E-state index in [-0.39, 0.29) is 0 Å². The molecule has 0 bridgehead atoms. The van der Waals surface area contributed by atoms with Crippen molar-refractivity contribution in [1.82, 2.24) is 15.1 Å². The highest BCUT2D eigenvalue weighted by atomic mass is 15.3. The van der Waals surface area contributed by atoms with Crippen LogP contribution in [0, 0.1) is 11.8 Å². The average Bonchev–Trinajstić information content (AvgIpc) is 2.99. The molecule has 2 rings (SSSR count). The molecule has 0 aliphatic heterocycles. The number of hydrogen-bond donors (Lipinski definition) is 1. The van der Waals surface area contributed by atoms with Gasteiger partial charge in [0.2, 0.25) is 0 Å². The highest BCUT2D eigenvalue weighted by Gasteiger charge is 2.24. The lowest BCUT2D eigenvalue weighted by Crippen LogP contribution is -2.26. The SMILES string of the molecule is CCn1cc(CC(CNC)C2CCCC2)cn1. The summed E-state index contributed by atoms with van der Waals surface area (Å²) < 4.78 is 2.03. The number of nitrogens with zero attached hydrogens (tertiary/aromatic N) is 2.